The molecule has 3 aromatic heterocycles. The second-order valence-electron chi connectivity index (χ2n) is 7.11. The molecule has 6 heteroatoms. The van der Waals surface area contributed by atoms with Crippen LogP contribution in [0.5, 0.6) is 5.75 Å². The SMILES string of the molecule is C=C(C)c1cnc2[nH]c3cnc(C#N)c(OC4CCN(CC)CC4)c3c2c1. The van der Waals surface area contributed by atoms with E-state index in [4.69, 9.17) is 4.74 Å². The Balaban J connectivity index is 1.82. The predicted molar refractivity (Wildman–Crippen MR) is 107 cm³/mol. The molecular weight excluding hydrogens is 338 g/mol. The maximum Gasteiger partial charge on any atom is 0.183 e. The summed E-state index contributed by atoms with van der Waals surface area (Å²) < 4.78 is 6.37. The molecule has 1 aliphatic rings. The van der Waals surface area contributed by atoms with E-state index in [1.165, 1.54) is 0 Å². The van der Waals surface area contributed by atoms with Crippen molar-refractivity contribution in [3.63, 3.8) is 0 Å². The fourth-order valence-corrected chi connectivity index (χ4v) is 3.68. The Morgan fingerprint density at radius 3 is 2.81 bits per heavy atom. The van der Waals surface area contributed by atoms with Gasteiger partial charge in [0.05, 0.1) is 17.1 Å². The molecule has 0 amide bonds. The van der Waals surface area contributed by atoms with Crippen LogP contribution >= 0.6 is 0 Å². The zero-order valence-electron chi connectivity index (χ0n) is 15.7. The van der Waals surface area contributed by atoms with Crippen LogP contribution in [0.1, 0.15) is 37.9 Å². The summed E-state index contributed by atoms with van der Waals surface area (Å²) in [5.41, 5.74) is 3.83. The van der Waals surface area contributed by atoms with Crippen LogP contribution in [-0.4, -0.2) is 45.6 Å². The standard InChI is InChI=1S/C21H23N5O/c1-4-26-7-5-15(6-8-26)27-20-17(10-22)23-12-18-19(20)16-9-14(13(2)3)11-24-21(16)25-18/h9,11-12,15H,2,4-8H2,1,3H3,(H,24,25). The van der Waals surface area contributed by atoms with Crippen LogP contribution in [-0.2, 0) is 0 Å². The summed E-state index contributed by atoms with van der Waals surface area (Å²) in [6.45, 7) is 11.2. The lowest BCUT2D eigenvalue weighted by atomic mass is 10.1. The number of fused-ring (bicyclic) bond motifs is 3. The summed E-state index contributed by atoms with van der Waals surface area (Å²) in [5.74, 6) is 0.567. The minimum Gasteiger partial charge on any atom is -0.487 e. The van der Waals surface area contributed by atoms with Crippen LogP contribution in [0.3, 0.4) is 0 Å². The largest absolute Gasteiger partial charge is 0.487 e. The lowest BCUT2D eigenvalue weighted by molar-refractivity contribution is 0.104. The number of piperidine rings is 1. The summed E-state index contributed by atoms with van der Waals surface area (Å²) in [6, 6.07) is 4.24. The second kappa shape index (κ2) is 7.01. The van der Waals surface area contributed by atoms with Gasteiger partial charge in [-0.2, -0.15) is 5.26 Å². The van der Waals surface area contributed by atoms with Gasteiger partial charge in [-0.25, -0.2) is 9.97 Å². The molecule has 1 N–H and O–H groups in total. The third-order valence-electron chi connectivity index (χ3n) is 5.31. The quantitative estimate of drug-likeness (QED) is 0.763. The van der Waals surface area contributed by atoms with Crippen molar-refractivity contribution in [2.24, 2.45) is 0 Å². The lowest BCUT2D eigenvalue weighted by Crippen LogP contribution is -2.38. The smallest absolute Gasteiger partial charge is 0.183 e. The van der Waals surface area contributed by atoms with Crippen molar-refractivity contribution < 1.29 is 4.74 Å². The average molecular weight is 361 g/mol. The van der Waals surface area contributed by atoms with Crippen LogP contribution in [0.25, 0.3) is 27.5 Å². The lowest BCUT2D eigenvalue weighted by Gasteiger charge is -2.31. The van der Waals surface area contributed by atoms with E-state index in [2.05, 4.69) is 45.5 Å². The van der Waals surface area contributed by atoms with Gasteiger partial charge in [0, 0.05) is 24.7 Å². The fourth-order valence-electron chi connectivity index (χ4n) is 3.68. The molecule has 0 bridgehead atoms. The van der Waals surface area contributed by atoms with Gasteiger partial charge in [0.15, 0.2) is 11.4 Å². The summed E-state index contributed by atoms with van der Waals surface area (Å²) in [5, 5.41) is 11.4. The van der Waals surface area contributed by atoms with Gasteiger partial charge in [0.1, 0.15) is 17.8 Å². The Hall–Kier alpha value is -2.91. The van der Waals surface area contributed by atoms with Crippen LogP contribution < -0.4 is 4.74 Å². The maximum absolute atomic E-state index is 9.60. The van der Waals surface area contributed by atoms with Gasteiger partial charge in [-0.05, 0) is 43.5 Å². The Morgan fingerprint density at radius 2 is 2.15 bits per heavy atom. The first-order valence-corrected chi connectivity index (χ1v) is 9.36. The molecule has 0 aromatic carbocycles. The number of nitrogens with one attached hydrogen (secondary N) is 1. The molecule has 1 fully saturated rings. The zero-order chi connectivity index (χ0) is 19.0. The summed E-state index contributed by atoms with van der Waals surface area (Å²) in [4.78, 5) is 14.5. The summed E-state index contributed by atoms with van der Waals surface area (Å²) >= 11 is 0. The first-order valence-electron chi connectivity index (χ1n) is 9.36. The maximum atomic E-state index is 9.60. The number of likely N-dealkylation sites (tertiary alicyclic amines) is 1. The van der Waals surface area contributed by atoms with Crippen molar-refractivity contribution in [3.05, 3.63) is 36.3 Å². The predicted octanol–water partition coefficient (Wildman–Crippen LogP) is 3.88. The molecule has 27 heavy (non-hydrogen) atoms. The second-order valence-corrected chi connectivity index (χ2v) is 7.11. The highest BCUT2D eigenvalue weighted by atomic mass is 16.5. The molecule has 0 atom stereocenters. The normalized spacial score (nSPS) is 15.9. The van der Waals surface area contributed by atoms with E-state index >= 15 is 0 Å². The van der Waals surface area contributed by atoms with Crippen molar-refractivity contribution in [2.75, 3.05) is 19.6 Å². The van der Waals surface area contributed by atoms with Crippen LogP contribution in [0.4, 0.5) is 0 Å². The van der Waals surface area contributed by atoms with Gasteiger partial charge >= 0.3 is 0 Å². The number of hydrogen-bond donors (Lipinski definition) is 1. The van der Waals surface area contributed by atoms with Crippen LogP contribution in [0.2, 0.25) is 0 Å². The monoisotopic (exact) mass is 361 g/mol. The Bertz CT molecular complexity index is 1050. The van der Waals surface area contributed by atoms with Crippen molar-refractivity contribution in [1.82, 2.24) is 19.9 Å². The highest BCUT2D eigenvalue weighted by Crippen LogP contribution is 2.36. The van der Waals surface area contributed by atoms with E-state index in [-0.39, 0.29) is 6.10 Å². The van der Waals surface area contributed by atoms with Gasteiger partial charge in [-0.1, -0.05) is 13.5 Å². The van der Waals surface area contributed by atoms with E-state index in [0.29, 0.717) is 11.4 Å². The molecule has 0 radical (unpaired) electrons. The highest BCUT2D eigenvalue weighted by molar-refractivity contribution is 6.10. The minimum atomic E-state index is 0.0922. The van der Waals surface area contributed by atoms with Crippen molar-refractivity contribution in [3.8, 4) is 11.8 Å². The molecule has 0 aliphatic carbocycles. The average Bonchev–Trinajstić information content (AvgIpc) is 3.06. The molecular formula is C21H23N5O. The Labute approximate surface area is 158 Å². The molecule has 3 aromatic rings. The van der Waals surface area contributed by atoms with E-state index < -0.39 is 0 Å². The van der Waals surface area contributed by atoms with Crippen molar-refractivity contribution in [2.45, 2.75) is 32.8 Å². The molecule has 138 valence electrons. The van der Waals surface area contributed by atoms with E-state index in [9.17, 15) is 5.26 Å². The van der Waals surface area contributed by atoms with Gasteiger partial charge in [-0.15, -0.1) is 0 Å². The number of aromatic nitrogens is 3. The van der Waals surface area contributed by atoms with Gasteiger partial charge in [0.2, 0.25) is 0 Å². The Kier molecular flexibility index (Phi) is 4.54. The van der Waals surface area contributed by atoms with Crippen LogP contribution in [0.15, 0.2) is 25.0 Å². The molecule has 4 heterocycles. The minimum absolute atomic E-state index is 0.0922. The van der Waals surface area contributed by atoms with Gasteiger partial charge in [-0.3, -0.25) is 0 Å². The summed E-state index contributed by atoms with van der Waals surface area (Å²) in [6.07, 6.45) is 5.48. The summed E-state index contributed by atoms with van der Waals surface area (Å²) in [7, 11) is 0. The first kappa shape index (κ1) is 17.5. The zero-order valence-corrected chi connectivity index (χ0v) is 15.7. The molecule has 1 aliphatic heterocycles. The number of allylic oxidation sites excluding steroid dienone is 1. The molecule has 1 saturated heterocycles. The van der Waals surface area contributed by atoms with Crippen molar-refractivity contribution >= 4 is 27.5 Å². The van der Waals surface area contributed by atoms with E-state index in [1.54, 1.807) is 12.4 Å². The topological polar surface area (TPSA) is 77.8 Å². The molecule has 6 nitrogen and oxygen atoms in total. The number of nitriles is 1. The van der Waals surface area contributed by atoms with Crippen molar-refractivity contribution in [1.29, 1.82) is 5.26 Å². The molecule has 0 spiro atoms. The third kappa shape index (κ3) is 3.15. The first-order chi connectivity index (χ1) is 13.1. The number of H-pyrrole nitrogens is 1. The highest BCUT2D eigenvalue weighted by Gasteiger charge is 2.24. The van der Waals surface area contributed by atoms with Crippen LogP contribution in [0, 0.1) is 11.3 Å². The molecule has 0 saturated carbocycles. The fraction of sp³-hybridized carbons (Fsp3) is 0.381. The number of aromatic amines is 1. The number of pyridine rings is 2. The molecule has 0 unspecified atom stereocenters. The number of hydrogen-bond acceptors (Lipinski definition) is 5. The van der Waals surface area contributed by atoms with E-state index in [0.717, 1.165) is 65.5 Å². The third-order valence-corrected chi connectivity index (χ3v) is 5.31. The number of ether oxygens (including phenoxy) is 1. The Morgan fingerprint density at radius 1 is 1.37 bits per heavy atom. The van der Waals surface area contributed by atoms with Gasteiger partial charge < -0.3 is 14.6 Å². The number of nitrogens with zero attached hydrogens (tertiary/aromatic N) is 4. The molecule has 4 rings (SSSR count). The van der Waals surface area contributed by atoms with Gasteiger partial charge in [0.25, 0.3) is 0 Å². The number of rotatable bonds is 4. The van der Waals surface area contributed by atoms with E-state index in [1.807, 2.05) is 6.92 Å².